The maximum Gasteiger partial charge on any atom is 0.325 e. The minimum Gasteiger partial charge on any atom is -0.481 e. The Labute approximate surface area is 117 Å². The van der Waals surface area contributed by atoms with Gasteiger partial charge in [0.2, 0.25) is 5.91 Å². The van der Waals surface area contributed by atoms with E-state index >= 15 is 0 Å². The van der Waals surface area contributed by atoms with Gasteiger partial charge in [-0.05, 0) is 30.5 Å². The molecule has 0 bridgehead atoms. The second-order valence-electron chi connectivity index (χ2n) is 4.30. The first-order chi connectivity index (χ1) is 9.51. The molecule has 0 heterocycles. The van der Waals surface area contributed by atoms with Crippen molar-refractivity contribution in [3.63, 3.8) is 0 Å². The lowest BCUT2D eigenvalue weighted by atomic mass is 10.1. The molecule has 0 saturated heterocycles. The minimum atomic E-state index is -0.960. The molecule has 0 aromatic heterocycles. The first kappa shape index (κ1) is 15.7. The number of hydrogen-bond donors (Lipinski definition) is 3. The van der Waals surface area contributed by atoms with Crippen LogP contribution in [0.4, 0.5) is 10.5 Å². The molecule has 108 valence electrons. The van der Waals surface area contributed by atoms with Crippen LogP contribution < -0.4 is 10.6 Å². The predicted octanol–water partition coefficient (Wildman–Crippen LogP) is 2.15. The van der Waals surface area contributed by atoms with Crippen molar-refractivity contribution in [3.8, 4) is 0 Å². The number of carboxylic acids is 1. The second kappa shape index (κ2) is 7.93. The third-order valence-corrected chi connectivity index (χ3v) is 2.67. The van der Waals surface area contributed by atoms with Gasteiger partial charge in [0.25, 0.3) is 0 Å². The number of imide groups is 1. The van der Waals surface area contributed by atoms with Crippen LogP contribution in [0.1, 0.15) is 31.7 Å². The number of aryl methyl sites for hydroxylation is 1. The van der Waals surface area contributed by atoms with Crippen LogP contribution in [-0.4, -0.2) is 23.0 Å². The lowest BCUT2D eigenvalue weighted by Crippen LogP contribution is -2.34. The number of aliphatic carboxylic acids is 1. The van der Waals surface area contributed by atoms with E-state index in [2.05, 4.69) is 10.6 Å². The third-order valence-electron chi connectivity index (χ3n) is 2.67. The molecule has 0 aliphatic carbocycles. The highest BCUT2D eigenvalue weighted by atomic mass is 16.4. The molecule has 0 aliphatic rings. The maximum absolute atomic E-state index is 11.5. The van der Waals surface area contributed by atoms with Gasteiger partial charge in [-0.3, -0.25) is 14.9 Å². The van der Waals surface area contributed by atoms with E-state index in [1.54, 1.807) is 12.1 Å². The zero-order valence-corrected chi connectivity index (χ0v) is 11.3. The average Bonchev–Trinajstić information content (AvgIpc) is 2.38. The highest BCUT2D eigenvalue weighted by molar-refractivity contribution is 6.01. The van der Waals surface area contributed by atoms with Gasteiger partial charge in [-0.2, -0.15) is 0 Å². The van der Waals surface area contributed by atoms with E-state index in [-0.39, 0.29) is 19.3 Å². The highest BCUT2D eigenvalue weighted by Gasteiger charge is 2.08. The number of urea groups is 1. The molecular formula is C14H18N2O4. The minimum absolute atomic E-state index is 0.00843. The van der Waals surface area contributed by atoms with Crippen LogP contribution in [0.25, 0.3) is 0 Å². The van der Waals surface area contributed by atoms with Gasteiger partial charge in [-0.15, -0.1) is 0 Å². The number of carbonyl (C=O) groups excluding carboxylic acids is 2. The smallest absolute Gasteiger partial charge is 0.325 e. The fraction of sp³-hybridized carbons (Fsp3) is 0.357. The fourth-order valence-corrected chi connectivity index (χ4v) is 1.58. The van der Waals surface area contributed by atoms with Crippen LogP contribution >= 0.6 is 0 Å². The lowest BCUT2D eigenvalue weighted by molar-refractivity contribution is -0.137. The van der Waals surface area contributed by atoms with Gasteiger partial charge in [0.05, 0.1) is 0 Å². The first-order valence-corrected chi connectivity index (χ1v) is 6.43. The number of benzene rings is 1. The Hall–Kier alpha value is -2.37. The molecule has 0 saturated carbocycles. The number of carboxylic acid groups (broad SMARTS) is 1. The molecule has 0 spiro atoms. The van der Waals surface area contributed by atoms with Gasteiger partial charge >= 0.3 is 12.0 Å². The summed E-state index contributed by atoms with van der Waals surface area (Å²) in [6, 6.07) is 6.68. The SMILES string of the molecule is CCc1ccc(NC(=O)NC(=O)CCCC(=O)O)cc1. The van der Waals surface area contributed by atoms with Crippen molar-refractivity contribution in [1.29, 1.82) is 0 Å². The van der Waals surface area contributed by atoms with Gasteiger partial charge in [0.15, 0.2) is 0 Å². The van der Waals surface area contributed by atoms with Crippen LogP contribution in [0.3, 0.4) is 0 Å². The van der Waals surface area contributed by atoms with Crippen molar-refractivity contribution in [3.05, 3.63) is 29.8 Å². The molecular weight excluding hydrogens is 260 g/mol. The molecule has 0 unspecified atom stereocenters. The lowest BCUT2D eigenvalue weighted by Gasteiger charge is -2.07. The summed E-state index contributed by atoms with van der Waals surface area (Å²) in [5.74, 6) is -1.45. The molecule has 3 amide bonds. The number of nitrogens with one attached hydrogen (secondary N) is 2. The molecule has 0 fully saturated rings. The summed E-state index contributed by atoms with van der Waals surface area (Å²) >= 11 is 0. The Bertz CT molecular complexity index is 482. The van der Waals surface area contributed by atoms with Crippen LogP contribution in [0, 0.1) is 0 Å². The second-order valence-corrected chi connectivity index (χ2v) is 4.30. The van der Waals surface area contributed by atoms with Gasteiger partial charge in [-0.25, -0.2) is 4.79 Å². The van der Waals surface area contributed by atoms with Gasteiger partial charge in [-0.1, -0.05) is 19.1 Å². The van der Waals surface area contributed by atoms with E-state index in [1.165, 1.54) is 0 Å². The molecule has 3 N–H and O–H groups in total. The summed E-state index contributed by atoms with van der Waals surface area (Å²) in [6.07, 6.45) is 1.04. The first-order valence-electron chi connectivity index (χ1n) is 6.43. The Morgan fingerprint density at radius 2 is 1.75 bits per heavy atom. The van der Waals surface area contributed by atoms with Crippen LogP contribution in [0.5, 0.6) is 0 Å². The maximum atomic E-state index is 11.5. The highest BCUT2D eigenvalue weighted by Crippen LogP contribution is 2.09. The fourth-order valence-electron chi connectivity index (χ4n) is 1.58. The zero-order valence-electron chi connectivity index (χ0n) is 11.3. The molecule has 6 nitrogen and oxygen atoms in total. The normalized spacial score (nSPS) is 9.85. The largest absolute Gasteiger partial charge is 0.481 e. The molecule has 20 heavy (non-hydrogen) atoms. The quantitative estimate of drug-likeness (QED) is 0.743. The van der Waals surface area contributed by atoms with Crippen molar-refractivity contribution < 1.29 is 19.5 Å². The van der Waals surface area contributed by atoms with Crippen LogP contribution in [-0.2, 0) is 16.0 Å². The van der Waals surface area contributed by atoms with Crippen molar-refractivity contribution >= 4 is 23.6 Å². The number of hydrogen-bond acceptors (Lipinski definition) is 3. The Morgan fingerprint density at radius 3 is 2.30 bits per heavy atom. The molecule has 0 radical (unpaired) electrons. The van der Waals surface area contributed by atoms with E-state index in [9.17, 15) is 14.4 Å². The predicted molar refractivity (Wildman–Crippen MR) is 74.5 cm³/mol. The van der Waals surface area contributed by atoms with Crippen molar-refractivity contribution in [2.75, 3.05) is 5.32 Å². The average molecular weight is 278 g/mol. The molecule has 1 aromatic rings. The number of amides is 3. The van der Waals surface area contributed by atoms with Crippen molar-refractivity contribution in [2.45, 2.75) is 32.6 Å². The topological polar surface area (TPSA) is 95.5 Å². The summed E-state index contributed by atoms with van der Waals surface area (Å²) in [7, 11) is 0. The van der Waals surface area contributed by atoms with E-state index < -0.39 is 17.9 Å². The van der Waals surface area contributed by atoms with Crippen molar-refractivity contribution in [1.82, 2.24) is 5.32 Å². The summed E-state index contributed by atoms with van der Waals surface area (Å²) in [5.41, 5.74) is 1.75. The molecule has 0 atom stereocenters. The number of anilines is 1. The summed E-state index contributed by atoms with van der Waals surface area (Å²) in [4.78, 5) is 33.2. The van der Waals surface area contributed by atoms with E-state index in [0.29, 0.717) is 5.69 Å². The van der Waals surface area contributed by atoms with E-state index in [1.807, 2.05) is 19.1 Å². The number of rotatable bonds is 6. The van der Waals surface area contributed by atoms with Gasteiger partial charge in [0, 0.05) is 18.5 Å². The van der Waals surface area contributed by atoms with Gasteiger partial charge < -0.3 is 10.4 Å². The molecule has 1 rings (SSSR count). The Morgan fingerprint density at radius 1 is 1.10 bits per heavy atom. The Balaban J connectivity index is 2.34. The summed E-state index contributed by atoms with van der Waals surface area (Å²) in [5, 5.41) is 13.1. The van der Waals surface area contributed by atoms with E-state index in [4.69, 9.17) is 5.11 Å². The molecule has 6 heteroatoms. The van der Waals surface area contributed by atoms with Crippen molar-refractivity contribution in [2.24, 2.45) is 0 Å². The van der Waals surface area contributed by atoms with Crippen LogP contribution in [0.2, 0.25) is 0 Å². The standard InChI is InChI=1S/C14H18N2O4/c1-2-10-6-8-11(9-7-10)15-14(20)16-12(17)4-3-5-13(18)19/h6-9H,2-5H2,1H3,(H,18,19)(H2,15,16,17,20). The summed E-state index contributed by atoms with van der Waals surface area (Å²) in [6.45, 7) is 2.03. The number of carbonyl (C=O) groups is 3. The van der Waals surface area contributed by atoms with E-state index in [0.717, 1.165) is 12.0 Å². The molecule has 0 aliphatic heterocycles. The zero-order chi connectivity index (χ0) is 15.0. The third kappa shape index (κ3) is 5.99. The molecule has 1 aromatic carbocycles. The summed E-state index contributed by atoms with van der Waals surface area (Å²) < 4.78 is 0. The monoisotopic (exact) mass is 278 g/mol. The Kier molecular flexibility index (Phi) is 6.22. The van der Waals surface area contributed by atoms with Crippen LogP contribution in [0.15, 0.2) is 24.3 Å². The van der Waals surface area contributed by atoms with Gasteiger partial charge in [0.1, 0.15) is 0 Å².